The number of nitriles is 2. The average Bonchev–Trinajstić information content (AvgIpc) is 3.35. The fraction of sp³-hybridized carbons (Fsp3) is 0.185. The van der Waals surface area contributed by atoms with E-state index in [4.69, 9.17) is 10.5 Å². The summed E-state index contributed by atoms with van der Waals surface area (Å²) < 4.78 is 41.7. The number of hydrogen-bond acceptors (Lipinski definition) is 7. The van der Waals surface area contributed by atoms with Gasteiger partial charge in [-0.25, -0.2) is 17.8 Å². The lowest BCUT2D eigenvalue weighted by molar-refractivity contribution is 0.0985. The molecule has 0 unspecified atom stereocenters. The molecule has 1 aromatic heterocycles. The van der Waals surface area contributed by atoms with E-state index in [1.165, 1.54) is 52.6 Å². The molecule has 4 rings (SSSR count). The molecule has 0 atom stereocenters. The largest absolute Gasteiger partial charge is 0.279 e. The molecular formula is C27H22FN5O3S2. The van der Waals surface area contributed by atoms with Crippen molar-refractivity contribution in [2.24, 2.45) is 0 Å². The predicted octanol–water partition coefficient (Wildman–Crippen LogP) is 5.10. The predicted molar refractivity (Wildman–Crippen MR) is 142 cm³/mol. The third-order valence-electron chi connectivity index (χ3n) is 5.68. The van der Waals surface area contributed by atoms with Crippen LogP contribution in [0.1, 0.15) is 28.8 Å². The average molecular weight is 548 g/mol. The van der Waals surface area contributed by atoms with Gasteiger partial charge in [-0.2, -0.15) is 14.8 Å². The number of benzene rings is 3. The Bertz CT molecular complexity index is 1610. The molecule has 11 heteroatoms. The molecule has 0 saturated carbocycles. The molecule has 0 aliphatic carbocycles. The second-order valence-corrected chi connectivity index (χ2v) is 11.2. The highest BCUT2D eigenvalue weighted by Crippen LogP contribution is 2.31. The Hall–Kier alpha value is -4.16. The molecule has 0 radical (unpaired) electrons. The number of carbonyl (C=O) groups excluding carboxylic acids is 1. The number of rotatable bonds is 10. The summed E-state index contributed by atoms with van der Waals surface area (Å²) >= 11 is 1.19. The molecular weight excluding hydrogens is 525 g/mol. The van der Waals surface area contributed by atoms with Gasteiger partial charge in [-0.15, -0.1) is 0 Å². The first-order valence-electron chi connectivity index (χ1n) is 11.6. The summed E-state index contributed by atoms with van der Waals surface area (Å²) in [6.07, 6.45) is -0.0243. The van der Waals surface area contributed by atoms with Gasteiger partial charge in [0.1, 0.15) is 5.82 Å². The fourth-order valence-corrected chi connectivity index (χ4v) is 6.20. The molecule has 1 amide bonds. The highest BCUT2D eigenvalue weighted by Gasteiger charge is 2.26. The number of amides is 1. The van der Waals surface area contributed by atoms with Gasteiger partial charge in [0.15, 0.2) is 5.13 Å². The van der Waals surface area contributed by atoms with Crippen LogP contribution in [0.25, 0.3) is 10.2 Å². The zero-order valence-corrected chi connectivity index (χ0v) is 21.8. The van der Waals surface area contributed by atoms with E-state index in [9.17, 15) is 17.6 Å². The number of anilines is 1. The molecule has 0 saturated heterocycles. The summed E-state index contributed by atoms with van der Waals surface area (Å²) in [6.45, 7) is 0.132. The Labute approximate surface area is 223 Å². The molecule has 0 aliphatic rings. The van der Waals surface area contributed by atoms with E-state index >= 15 is 0 Å². The summed E-state index contributed by atoms with van der Waals surface area (Å²) in [4.78, 5) is 19.6. The van der Waals surface area contributed by atoms with Crippen molar-refractivity contribution in [2.45, 2.75) is 24.3 Å². The molecule has 0 spiro atoms. The maximum Gasteiger partial charge on any atom is 0.260 e. The molecule has 4 aromatic rings. The molecule has 0 fully saturated rings. The quantitative estimate of drug-likeness (QED) is 0.273. The van der Waals surface area contributed by atoms with Crippen LogP contribution in [0.5, 0.6) is 0 Å². The van der Waals surface area contributed by atoms with Crippen LogP contribution in [0.2, 0.25) is 0 Å². The molecule has 0 N–H and O–H groups in total. The number of fused-ring (bicyclic) bond motifs is 1. The minimum atomic E-state index is -3.97. The van der Waals surface area contributed by atoms with Crippen LogP contribution in [0.15, 0.2) is 77.7 Å². The maximum absolute atomic E-state index is 13.8. The summed E-state index contributed by atoms with van der Waals surface area (Å²) in [7, 11) is -3.97. The van der Waals surface area contributed by atoms with E-state index in [0.29, 0.717) is 15.3 Å². The van der Waals surface area contributed by atoms with Crippen molar-refractivity contribution in [1.29, 1.82) is 10.5 Å². The molecule has 192 valence electrons. The zero-order valence-electron chi connectivity index (χ0n) is 20.1. The number of sulfonamides is 1. The molecule has 8 nitrogen and oxygen atoms in total. The monoisotopic (exact) mass is 547 g/mol. The van der Waals surface area contributed by atoms with Crippen LogP contribution in [0.4, 0.5) is 9.52 Å². The van der Waals surface area contributed by atoms with Gasteiger partial charge in [-0.1, -0.05) is 41.7 Å². The Morgan fingerprint density at radius 1 is 0.947 bits per heavy atom. The fourth-order valence-electron chi connectivity index (χ4n) is 3.77. The van der Waals surface area contributed by atoms with Crippen LogP contribution in [-0.2, 0) is 16.6 Å². The van der Waals surface area contributed by atoms with Gasteiger partial charge in [0.2, 0.25) is 10.0 Å². The summed E-state index contributed by atoms with van der Waals surface area (Å²) in [6, 6.07) is 22.9. The number of nitrogens with zero attached hydrogens (tertiary/aromatic N) is 5. The van der Waals surface area contributed by atoms with Crippen LogP contribution < -0.4 is 4.90 Å². The Morgan fingerprint density at radius 3 is 2.24 bits per heavy atom. The summed E-state index contributed by atoms with van der Waals surface area (Å²) in [5.74, 6) is -0.799. The van der Waals surface area contributed by atoms with Crippen LogP contribution in [0, 0.1) is 28.5 Å². The minimum absolute atomic E-state index is 0.0122. The van der Waals surface area contributed by atoms with Gasteiger partial charge in [0.25, 0.3) is 5.91 Å². The summed E-state index contributed by atoms with van der Waals surface area (Å²) in [5, 5.41) is 18.2. The first kappa shape index (κ1) is 26.9. The SMILES string of the molecule is N#CCCN(CCC#N)S(=O)(=O)c1ccc(C(=O)N(Cc2ccccc2)c2nc3ccc(F)cc3s2)cc1. The molecule has 3 aromatic carbocycles. The number of hydrogen-bond donors (Lipinski definition) is 0. The van der Waals surface area contributed by atoms with E-state index in [-0.39, 0.29) is 42.9 Å². The van der Waals surface area contributed by atoms with Gasteiger partial charge < -0.3 is 0 Å². The van der Waals surface area contributed by atoms with Crippen molar-refractivity contribution in [3.8, 4) is 12.1 Å². The van der Waals surface area contributed by atoms with Crippen LogP contribution in [0.3, 0.4) is 0 Å². The highest BCUT2D eigenvalue weighted by atomic mass is 32.2. The molecule has 1 heterocycles. The minimum Gasteiger partial charge on any atom is -0.279 e. The highest BCUT2D eigenvalue weighted by molar-refractivity contribution is 7.89. The topological polar surface area (TPSA) is 118 Å². The van der Waals surface area contributed by atoms with E-state index in [1.807, 2.05) is 42.5 Å². The van der Waals surface area contributed by atoms with Gasteiger partial charge in [-0.05, 0) is 48.0 Å². The Kier molecular flexibility index (Phi) is 8.44. The van der Waals surface area contributed by atoms with E-state index in [2.05, 4.69) is 4.98 Å². The number of aromatic nitrogens is 1. The van der Waals surface area contributed by atoms with Gasteiger partial charge in [0, 0.05) is 31.5 Å². The van der Waals surface area contributed by atoms with E-state index in [0.717, 1.165) is 9.87 Å². The first-order valence-corrected chi connectivity index (χ1v) is 13.8. The molecule has 38 heavy (non-hydrogen) atoms. The van der Waals surface area contributed by atoms with Crippen LogP contribution >= 0.6 is 11.3 Å². The molecule has 0 aliphatic heterocycles. The smallest absolute Gasteiger partial charge is 0.260 e. The molecule has 0 bridgehead atoms. The lowest BCUT2D eigenvalue weighted by Crippen LogP contribution is -2.33. The van der Waals surface area contributed by atoms with E-state index < -0.39 is 21.7 Å². The third-order valence-corrected chi connectivity index (χ3v) is 8.64. The van der Waals surface area contributed by atoms with Crippen molar-refractivity contribution in [3.63, 3.8) is 0 Å². The lowest BCUT2D eigenvalue weighted by Gasteiger charge is -2.21. The van der Waals surface area contributed by atoms with Crippen molar-refractivity contribution in [1.82, 2.24) is 9.29 Å². The second-order valence-electron chi connectivity index (χ2n) is 8.23. The number of halogens is 1. The summed E-state index contributed by atoms with van der Waals surface area (Å²) in [5.41, 5.74) is 1.66. The van der Waals surface area contributed by atoms with Crippen LogP contribution in [-0.4, -0.2) is 36.7 Å². The lowest BCUT2D eigenvalue weighted by atomic mass is 10.1. The standard InChI is InChI=1S/C27H22FN5O3S2/c28-22-10-13-24-25(18-22)37-27(31-24)33(19-20-6-2-1-3-7-20)26(34)21-8-11-23(12-9-21)38(35,36)32(16-4-14-29)17-5-15-30/h1-3,6-13,18H,4-5,16-17,19H2. The Balaban J connectivity index is 1.66. The second kappa shape index (κ2) is 11.9. The van der Waals surface area contributed by atoms with Gasteiger partial charge in [0.05, 0.1) is 33.8 Å². The van der Waals surface area contributed by atoms with Crippen molar-refractivity contribution < 1.29 is 17.6 Å². The van der Waals surface area contributed by atoms with Gasteiger partial charge in [-0.3, -0.25) is 9.69 Å². The normalized spacial score (nSPS) is 11.3. The van der Waals surface area contributed by atoms with Crippen molar-refractivity contribution >= 4 is 42.6 Å². The third kappa shape index (κ3) is 6.03. The number of carbonyl (C=O) groups is 1. The first-order chi connectivity index (χ1) is 18.3. The van der Waals surface area contributed by atoms with E-state index in [1.54, 1.807) is 6.07 Å². The zero-order chi connectivity index (χ0) is 27.1. The van der Waals surface area contributed by atoms with Crippen molar-refractivity contribution in [3.05, 3.63) is 89.7 Å². The van der Waals surface area contributed by atoms with Crippen molar-refractivity contribution in [2.75, 3.05) is 18.0 Å². The number of thiazole rings is 1. The van der Waals surface area contributed by atoms with Gasteiger partial charge >= 0.3 is 0 Å². The Morgan fingerprint density at radius 2 is 1.61 bits per heavy atom. The maximum atomic E-state index is 13.8.